The standard InChI is InChI=1S/C75H122O6/c1-4-7-10-13-16-19-21-23-25-27-29-31-32-33-34-35-36-37-38-39-40-41-42-44-45-47-49-51-53-56-59-62-65-68-74(77)80-71-72(70-79-73(76)67-64-61-58-55-18-15-12-9-6-3)81-75(78)69-66-63-60-57-54-52-50-48-46-43-30-28-26-24-22-20-17-14-11-8-5-2/h7-8,10-11,16-17,19-20,23-26,29-31,33-34,36-37,39-40,42-44,72H,4-6,9,12-15,18,21-22,27-28,32,35,38,41,45-71H2,1-3H3/b10-7-,11-8-,19-16-,20-17-,25-23-,26-24-,31-29-,34-33-,37-36-,40-39-,43-30-,44-42-. The molecule has 0 spiro atoms. The number of rotatable bonds is 59. The van der Waals surface area contributed by atoms with Crippen molar-refractivity contribution in [2.45, 2.75) is 297 Å². The lowest BCUT2D eigenvalue weighted by Gasteiger charge is -2.18. The number of carbonyl (C=O) groups is 3. The number of unbranched alkanes of at least 4 members (excludes halogenated alkanes) is 24. The van der Waals surface area contributed by atoms with Crippen molar-refractivity contribution in [1.29, 1.82) is 0 Å². The molecule has 0 saturated heterocycles. The molecule has 0 heterocycles. The minimum Gasteiger partial charge on any atom is -0.462 e. The number of ether oxygens (including phenoxy) is 3. The molecule has 0 saturated carbocycles. The molecule has 1 atom stereocenters. The van der Waals surface area contributed by atoms with Crippen molar-refractivity contribution >= 4 is 17.9 Å². The summed E-state index contributed by atoms with van der Waals surface area (Å²) in [4.78, 5) is 38.2. The summed E-state index contributed by atoms with van der Waals surface area (Å²) >= 11 is 0. The Morgan fingerprint density at radius 1 is 0.259 bits per heavy atom. The van der Waals surface area contributed by atoms with Crippen LogP contribution >= 0.6 is 0 Å². The predicted molar refractivity (Wildman–Crippen MR) is 352 cm³/mol. The molecule has 0 aliphatic heterocycles. The van der Waals surface area contributed by atoms with Crippen LogP contribution in [0.1, 0.15) is 290 Å². The lowest BCUT2D eigenvalue weighted by atomic mass is 10.1. The maximum atomic E-state index is 12.9. The van der Waals surface area contributed by atoms with Gasteiger partial charge in [0, 0.05) is 19.3 Å². The monoisotopic (exact) mass is 1120 g/mol. The molecule has 0 aliphatic carbocycles. The van der Waals surface area contributed by atoms with Crippen LogP contribution in [0.4, 0.5) is 0 Å². The van der Waals surface area contributed by atoms with Gasteiger partial charge in [-0.05, 0) is 122 Å². The fraction of sp³-hybridized carbons (Fsp3) is 0.640. The lowest BCUT2D eigenvalue weighted by Crippen LogP contribution is -2.30. The molecule has 0 aliphatic rings. The summed E-state index contributed by atoms with van der Waals surface area (Å²) in [5.41, 5.74) is 0. The summed E-state index contributed by atoms with van der Waals surface area (Å²) < 4.78 is 16.9. The zero-order valence-corrected chi connectivity index (χ0v) is 52.5. The molecule has 0 aromatic heterocycles. The van der Waals surface area contributed by atoms with E-state index in [1.807, 2.05) is 0 Å². The average Bonchev–Trinajstić information content (AvgIpc) is 3.47. The first-order valence-electron chi connectivity index (χ1n) is 33.3. The van der Waals surface area contributed by atoms with Gasteiger partial charge in [-0.2, -0.15) is 0 Å². The Morgan fingerprint density at radius 3 is 0.753 bits per heavy atom. The van der Waals surface area contributed by atoms with Gasteiger partial charge in [0.2, 0.25) is 0 Å². The van der Waals surface area contributed by atoms with Crippen LogP contribution in [0, 0.1) is 0 Å². The second-order valence-electron chi connectivity index (χ2n) is 21.6. The van der Waals surface area contributed by atoms with Gasteiger partial charge in [-0.1, -0.05) is 295 Å². The quantitative estimate of drug-likeness (QED) is 0.0261. The summed E-state index contributed by atoms with van der Waals surface area (Å²) in [7, 11) is 0. The topological polar surface area (TPSA) is 78.9 Å². The molecule has 6 heteroatoms. The van der Waals surface area contributed by atoms with Crippen molar-refractivity contribution in [2.24, 2.45) is 0 Å². The van der Waals surface area contributed by atoms with E-state index in [0.29, 0.717) is 19.3 Å². The summed E-state index contributed by atoms with van der Waals surface area (Å²) in [5, 5.41) is 0. The van der Waals surface area contributed by atoms with E-state index in [1.54, 1.807) is 0 Å². The first-order chi connectivity index (χ1) is 40.0. The van der Waals surface area contributed by atoms with E-state index in [9.17, 15) is 14.4 Å². The maximum absolute atomic E-state index is 12.9. The van der Waals surface area contributed by atoms with E-state index in [2.05, 4.69) is 167 Å². The third kappa shape index (κ3) is 66.0. The summed E-state index contributed by atoms with van der Waals surface area (Å²) in [5.74, 6) is -0.903. The van der Waals surface area contributed by atoms with E-state index in [4.69, 9.17) is 14.2 Å². The Hall–Kier alpha value is -4.71. The molecule has 0 radical (unpaired) electrons. The van der Waals surface area contributed by atoms with Crippen LogP contribution in [0.25, 0.3) is 0 Å². The predicted octanol–water partition coefficient (Wildman–Crippen LogP) is 23.1. The minimum atomic E-state index is -0.790. The largest absolute Gasteiger partial charge is 0.462 e. The Balaban J connectivity index is 4.24. The number of carbonyl (C=O) groups excluding carboxylic acids is 3. The Morgan fingerprint density at radius 2 is 0.481 bits per heavy atom. The van der Waals surface area contributed by atoms with Crippen molar-refractivity contribution < 1.29 is 28.6 Å². The molecule has 0 N–H and O–H groups in total. The van der Waals surface area contributed by atoms with Gasteiger partial charge in [0.05, 0.1) is 0 Å². The maximum Gasteiger partial charge on any atom is 0.306 e. The summed E-state index contributed by atoms with van der Waals surface area (Å²) in [6.07, 6.45) is 97.2. The van der Waals surface area contributed by atoms with Crippen LogP contribution < -0.4 is 0 Å². The molecule has 1 unspecified atom stereocenters. The molecule has 0 rings (SSSR count). The molecule has 0 aromatic carbocycles. The highest BCUT2D eigenvalue weighted by atomic mass is 16.6. The van der Waals surface area contributed by atoms with Gasteiger partial charge in [-0.25, -0.2) is 0 Å². The fourth-order valence-electron chi connectivity index (χ4n) is 8.92. The van der Waals surface area contributed by atoms with Crippen LogP contribution in [-0.4, -0.2) is 37.2 Å². The molecule has 0 amide bonds. The van der Waals surface area contributed by atoms with E-state index in [-0.39, 0.29) is 31.1 Å². The van der Waals surface area contributed by atoms with E-state index >= 15 is 0 Å². The van der Waals surface area contributed by atoms with Gasteiger partial charge in [0.25, 0.3) is 0 Å². The van der Waals surface area contributed by atoms with Gasteiger partial charge in [0.15, 0.2) is 6.10 Å². The van der Waals surface area contributed by atoms with Crippen molar-refractivity contribution in [1.82, 2.24) is 0 Å². The van der Waals surface area contributed by atoms with Gasteiger partial charge in [-0.15, -0.1) is 0 Å². The van der Waals surface area contributed by atoms with Gasteiger partial charge < -0.3 is 14.2 Å². The molecule has 458 valence electrons. The van der Waals surface area contributed by atoms with Crippen LogP contribution in [-0.2, 0) is 28.6 Å². The Kier molecular flexibility index (Phi) is 63.9. The van der Waals surface area contributed by atoms with E-state index < -0.39 is 6.10 Å². The first kappa shape index (κ1) is 76.3. The SMILES string of the molecule is CC/C=C\C/C=C\C/C=C\C/C=C\C/C=C\C/C=C\C/C=C\C/C=C\CCCCCCCCCCC(=O)OCC(COC(=O)CCCCCCCCCCC)OC(=O)CCCCCCCCCC/C=C\C/C=C\C/C=C\C/C=C\CC. The van der Waals surface area contributed by atoms with Crippen LogP contribution in [0.2, 0.25) is 0 Å². The van der Waals surface area contributed by atoms with Crippen molar-refractivity contribution in [2.75, 3.05) is 13.2 Å². The fourth-order valence-corrected chi connectivity index (χ4v) is 8.92. The van der Waals surface area contributed by atoms with Crippen molar-refractivity contribution in [3.8, 4) is 0 Å². The van der Waals surface area contributed by atoms with Crippen LogP contribution in [0.3, 0.4) is 0 Å². The highest BCUT2D eigenvalue weighted by Gasteiger charge is 2.19. The molecule has 6 nitrogen and oxygen atoms in total. The Labute approximate surface area is 499 Å². The summed E-state index contributed by atoms with van der Waals surface area (Å²) in [6.45, 7) is 6.39. The first-order valence-corrected chi connectivity index (χ1v) is 33.3. The molecular weight excluding hydrogens is 997 g/mol. The molecular formula is C75H122O6. The van der Waals surface area contributed by atoms with Crippen molar-refractivity contribution in [3.05, 3.63) is 146 Å². The van der Waals surface area contributed by atoms with Crippen molar-refractivity contribution in [3.63, 3.8) is 0 Å². The minimum absolute atomic E-state index is 0.0858. The van der Waals surface area contributed by atoms with Crippen LogP contribution in [0.5, 0.6) is 0 Å². The lowest BCUT2D eigenvalue weighted by molar-refractivity contribution is -0.167. The highest BCUT2D eigenvalue weighted by molar-refractivity contribution is 5.71. The normalized spacial score (nSPS) is 13.1. The second kappa shape index (κ2) is 67.8. The molecule has 0 aromatic rings. The molecule has 81 heavy (non-hydrogen) atoms. The average molecular weight is 1120 g/mol. The zero-order valence-electron chi connectivity index (χ0n) is 52.5. The van der Waals surface area contributed by atoms with Gasteiger partial charge in [0.1, 0.15) is 13.2 Å². The third-order valence-electron chi connectivity index (χ3n) is 13.8. The van der Waals surface area contributed by atoms with Gasteiger partial charge >= 0.3 is 17.9 Å². The van der Waals surface area contributed by atoms with Gasteiger partial charge in [-0.3, -0.25) is 14.4 Å². The van der Waals surface area contributed by atoms with E-state index in [1.165, 1.54) is 103 Å². The third-order valence-corrected chi connectivity index (χ3v) is 13.8. The summed E-state index contributed by atoms with van der Waals surface area (Å²) in [6, 6.07) is 0. The molecule has 0 bridgehead atoms. The number of esters is 3. The smallest absolute Gasteiger partial charge is 0.306 e. The zero-order chi connectivity index (χ0) is 58.5. The molecule has 0 fully saturated rings. The van der Waals surface area contributed by atoms with E-state index in [0.717, 1.165) is 148 Å². The highest BCUT2D eigenvalue weighted by Crippen LogP contribution is 2.15. The number of hydrogen-bond acceptors (Lipinski definition) is 6. The Bertz CT molecular complexity index is 1760. The van der Waals surface area contributed by atoms with Crippen LogP contribution in [0.15, 0.2) is 146 Å². The number of hydrogen-bond donors (Lipinski definition) is 0. The number of allylic oxidation sites excluding steroid dienone is 24. The second-order valence-corrected chi connectivity index (χ2v) is 21.6.